The van der Waals surface area contributed by atoms with Gasteiger partial charge in [-0.1, -0.05) is 18.2 Å². The first-order valence-electron chi connectivity index (χ1n) is 10.6. The highest BCUT2D eigenvalue weighted by Gasteiger charge is 2.29. The molecule has 2 aromatic rings. The highest BCUT2D eigenvalue weighted by molar-refractivity contribution is 7.98. The summed E-state index contributed by atoms with van der Waals surface area (Å²) in [7, 11) is 1.89. The Labute approximate surface area is 183 Å². The minimum absolute atomic E-state index is 0.158. The highest BCUT2D eigenvalue weighted by Crippen LogP contribution is 2.37. The fraction of sp³-hybridized carbons (Fsp3) is 0.458. The van der Waals surface area contributed by atoms with E-state index in [1.165, 1.54) is 10.5 Å². The molecule has 4 rings (SSSR count). The van der Waals surface area contributed by atoms with Crippen LogP contribution >= 0.6 is 11.8 Å². The van der Waals surface area contributed by atoms with Gasteiger partial charge >= 0.3 is 0 Å². The molecule has 0 aliphatic carbocycles. The van der Waals surface area contributed by atoms with Gasteiger partial charge < -0.3 is 14.4 Å². The van der Waals surface area contributed by atoms with Gasteiger partial charge in [0.15, 0.2) is 11.5 Å². The molecule has 160 valence electrons. The summed E-state index contributed by atoms with van der Waals surface area (Å²) >= 11 is 1.73. The van der Waals surface area contributed by atoms with Crippen LogP contribution in [0.4, 0.5) is 0 Å². The fourth-order valence-corrected chi connectivity index (χ4v) is 4.58. The lowest BCUT2D eigenvalue weighted by Crippen LogP contribution is -2.37. The Morgan fingerprint density at radius 3 is 2.63 bits per heavy atom. The second kappa shape index (κ2) is 9.75. The highest BCUT2D eigenvalue weighted by atomic mass is 32.2. The van der Waals surface area contributed by atoms with E-state index >= 15 is 0 Å². The summed E-state index contributed by atoms with van der Waals surface area (Å²) in [6.07, 6.45) is 5.14. The normalized spacial score (nSPS) is 18.8. The number of rotatable bonds is 6. The average molecular weight is 427 g/mol. The van der Waals surface area contributed by atoms with Crippen LogP contribution < -0.4 is 9.47 Å². The van der Waals surface area contributed by atoms with Crippen molar-refractivity contribution >= 4 is 17.7 Å². The molecule has 1 amide bonds. The number of hydrogen-bond acceptors (Lipinski definition) is 5. The van der Waals surface area contributed by atoms with Crippen molar-refractivity contribution in [2.45, 2.75) is 36.7 Å². The van der Waals surface area contributed by atoms with E-state index in [2.05, 4.69) is 47.6 Å². The first-order valence-corrected chi connectivity index (χ1v) is 11.9. The quantitative estimate of drug-likeness (QED) is 0.642. The van der Waals surface area contributed by atoms with Gasteiger partial charge in [0.05, 0.1) is 19.8 Å². The van der Waals surface area contributed by atoms with Crippen molar-refractivity contribution in [3.8, 4) is 11.5 Å². The molecule has 2 aliphatic heterocycles. The summed E-state index contributed by atoms with van der Waals surface area (Å²) < 4.78 is 11.6. The molecule has 30 heavy (non-hydrogen) atoms. The van der Waals surface area contributed by atoms with Crippen LogP contribution in [0.2, 0.25) is 0 Å². The molecule has 0 saturated carbocycles. The predicted octanol–water partition coefficient (Wildman–Crippen LogP) is 4.37. The van der Waals surface area contributed by atoms with E-state index < -0.39 is 0 Å². The molecule has 6 heteroatoms. The number of carbonyl (C=O) groups excluding carboxylic acids is 1. The van der Waals surface area contributed by atoms with Crippen LogP contribution in [-0.2, 0) is 11.3 Å². The van der Waals surface area contributed by atoms with Crippen LogP contribution in [0.3, 0.4) is 0 Å². The molecule has 1 atom stereocenters. The smallest absolute Gasteiger partial charge is 0.236 e. The van der Waals surface area contributed by atoms with Crippen molar-refractivity contribution in [1.29, 1.82) is 0 Å². The van der Waals surface area contributed by atoms with E-state index in [4.69, 9.17) is 9.47 Å². The standard InChI is InChI=1S/C24H30N2O3S/c1-25(16-18-6-9-20(30-2)10-7-18)24(27)17-26-12-3-5-21(26)19-8-11-22-23(15-19)29-14-4-13-28-22/h6-11,15,21H,3-5,12-14,16-17H2,1-2H3/t21-/m1/s1. The summed E-state index contributed by atoms with van der Waals surface area (Å²) in [5.41, 5.74) is 2.37. The summed E-state index contributed by atoms with van der Waals surface area (Å²) in [5, 5.41) is 0. The Hall–Kier alpha value is -2.18. The van der Waals surface area contributed by atoms with Crippen molar-refractivity contribution in [2.24, 2.45) is 0 Å². The zero-order valence-electron chi connectivity index (χ0n) is 17.8. The van der Waals surface area contributed by atoms with Crippen molar-refractivity contribution in [2.75, 3.05) is 39.6 Å². The maximum absolute atomic E-state index is 12.9. The number of carbonyl (C=O) groups is 1. The number of thioether (sulfide) groups is 1. The van der Waals surface area contributed by atoms with Crippen LogP contribution in [0.15, 0.2) is 47.4 Å². The first-order chi connectivity index (χ1) is 14.6. The molecule has 2 aromatic carbocycles. The van der Waals surface area contributed by atoms with E-state index in [1.54, 1.807) is 11.8 Å². The van der Waals surface area contributed by atoms with Crippen LogP contribution in [0.5, 0.6) is 11.5 Å². The molecule has 2 aliphatic rings. The summed E-state index contributed by atoms with van der Waals surface area (Å²) in [4.78, 5) is 18.3. The largest absolute Gasteiger partial charge is 0.490 e. The lowest BCUT2D eigenvalue weighted by Gasteiger charge is -2.27. The van der Waals surface area contributed by atoms with E-state index in [9.17, 15) is 4.79 Å². The Balaban J connectivity index is 1.39. The van der Waals surface area contributed by atoms with Gasteiger partial charge in [0, 0.05) is 31.0 Å². The van der Waals surface area contributed by atoms with Crippen LogP contribution in [0.1, 0.15) is 36.4 Å². The third kappa shape index (κ3) is 4.93. The number of likely N-dealkylation sites (tertiary alicyclic amines) is 1. The minimum Gasteiger partial charge on any atom is -0.490 e. The van der Waals surface area contributed by atoms with Crippen molar-refractivity contribution in [3.63, 3.8) is 0 Å². The zero-order valence-corrected chi connectivity index (χ0v) is 18.6. The third-order valence-corrected chi connectivity index (χ3v) is 6.61. The second-order valence-corrected chi connectivity index (χ2v) is 8.86. The van der Waals surface area contributed by atoms with Crippen LogP contribution in [0.25, 0.3) is 0 Å². The molecule has 2 heterocycles. The van der Waals surface area contributed by atoms with Gasteiger partial charge in [-0.2, -0.15) is 0 Å². The van der Waals surface area contributed by atoms with Gasteiger partial charge in [-0.25, -0.2) is 0 Å². The number of amides is 1. The Morgan fingerprint density at radius 2 is 1.87 bits per heavy atom. The van der Waals surface area contributed by atoms with E-state index in [-0.39, 0.29) is 11.9 Å². The molecule has 0 spiro atoms. The molecule has 0 bridgehead atoms. The zero-order chi connectivity index (χ0) is 20.9. The summed E-state index contributed by atoms with van der Waals surface area (Å²) in [6.45, 7) is 3.41. The number of hydrogen-bond donors (Lipinski definition) is 0. The van der Waals surface area contributed by atoms with Gasteiger partial charge in [0.1, 0.15) is 0 Å². The summed E-state index contributed by atoms with van der Waals surface area (Å²) in [5.74, 6) is 1.81. The lowest BCUT2D eigenvalue weighted by atomic mass is 10.0. The van der Waals surface area contributed by atoms with Crippen LogP contribution in [0, 0.1) is 0 Å². The lowest BCUT2D eigenvalue weighted by molar-refractivity contribution is -0.131. The van der Waals surface area contributed by atoms with E-state index in [0.717, 1.165) is 42.9 Å². The van der Waals surface area contributed by atoms with Gasteiger partial charge in [0.25, 0.3) is 0 Å². The molecule has 0 N–H and O–H groups in total. The number of benzene rings is 2. The Morgan fingerprint density at radius 1 is 1.10 bits per heavy atom. The molecule has 0 radical (unpaired) electrons. The van der Waals surface area contributed by atoms with Crippen molar-refractivity contribution in [1.82, 2.24) is 9.80 Å². The van der Waals surface area contributed by atoms with Gasteiger partial charge in [-0.05, 0) is 61.0 Å². The molecular weight excluding hydrogens is 396 g/mol. The maximum Gasteiger partial charge on any atom is 0.236 e. The molecule has 0 aromatic heterocycles. The van der Waals surface area contributed by atoms with Crippen LogP contribution in [-0.4, -0.2) is 55.3 Å². The Bertz CT molecular complexity index is 871. The average Bonchev–Trinajstić information content (AvgIpc) is 3.09. The molecule has 0 unspecified atom stereocenters. The predicted molar refractivity (Wildman–Crippen MR) is 120 cm³/mol. The number of fused-ring (bicyclic) bond motifs is 1. The monoisotopic (exact) mass is 426 g/mol. The van der Waals surface area contributed by atoms with E-state index in [0.29, 0.717) is 26.3 Å². The second-order valence-electron chi connectivity index (χ2n) is 7.98. The van der Waals surface area contributed by atoms with E-state index in [1.807, 2.05) is 18.0 Å². The van der Waals surface area contributed by atoms with Gasteiger partial charge in [0.2, 0.25) is 5.91 Å². The fourth-order valence-electron chi connectivity index (χ4n) is 4.17. The Kier molecular flexibility index (Phi) is 6.85. The van der Waals surface area contributed by atoms with Crippen molar-refractivity contribution < 1.29 is 14.3 Å². The summed E-state index contributed by atoms with van der Waals surface area (Å²) in [6, 6.07) is 14.9. The molecular formula is C24H30N2O3S. The number of likely N-dealkylation sites (N-methyl/N-ethyl adjacent to an activating group) is 1. The maximum atomic E-state index is 12.9. The first kappa shape index (κ1) is 21.1. The van der Waals surface area contributed by atoms with Crippen molar-refractivity contribution in [3.05, 3.63) is 53.6 Å². The molecule has 5 nitrogen and oxygen atoms in total. The number of ether oxygens (including phenoxy) is 2. The molecule has 1 fully saturated rings. The number of nitrogens with zero attached hydrogens (tertiary/aromatic N) is 2. The van der Waals surface area contributed by atoms with Gasteiger partial charge in [-0.3, -0.25) is 9.69 Å². The minimum atomic E-state index is 0.158. The molecule has 1 saturated heterocycles. The van der Waals surface area contributed by atoms with Gasteiger partial charge in [-0.15, -0.1) is 11.8 Å². The topological polar surface area (TPSA) is 42.0 Å². The third-order valence-electron chi connectivity index (χ3n) is 5.86. The SMILES string of the molecule is CSc1ccc(CN(C)C(=O)CN2CCC[C@@H]2c2ccc3c(c2)OCCCO3)cc1.